The number of hydrogen-bond donors (Lipinski definition) is 6. The molecule has 5 rings (SSSR count). The van der Waals surface area contributed by atoms with Crippen molar-refractivity contribution >= 4 is 45.6 Å². The van der Waals surface area contributed by atoms with E-state index in [1.165, 1.54) is 36.7 Å². The minimum Gasteiger partial charge on any atom is -0.504 e. The van der Waals surface area contributed by atoms with Crippen molar-refractivity contribution in [3.8, 4) is 34.5 Å². The van der Waals surface area contributed by atoms with Crippen LogP contribution in [0.15, 0.2) is 70.9 Å². The number of aromatic nitrogens is 2. The average Bonchev–Trinajstić information content (AvgIpc) is 2.90. The van der Waals surface area contributed by atoms with E-state index in [1.54, 1.807) is 36.7 Å². The van der Waals surface area contributed by atoms with E-state index in [1.807, 2.05) is 0 Å². The van der Waals surface area contributed by atoms with Gasteiger partial charge in [0, 0.05) is 46.7 Å². The number of phenols is 6. The van der Waals surface area contributed by atoms with Crippen LogP contribution in [0.5, 0.6) is 34.5 Å². The Labute approximate surface area is 203 Å². The standard InChI is InChI=1S/C26H18N4O6/c31-17-7-5-13(23(33)25(17)35)11-29-21-15-3-1-9-27-19(15)20-16(4-2-10-28-20)22(21)30-12-14-6-8-18(32)26(36)24(14)34/h1-12,31-36H. The zero-order valence-electron chi connectivity index (χ0n) is 18.4. The monoisotopic (exact) mass is 482 g/mol. The molecule has 0 aliphatic carbocycles. The Morgan fingerprint density at radius 1 is 0.528 bits per heavy atom. The fourth-order valence-electron chi connectivity index (χ4n) is 3.73. The van der Waals surface area contributed by atoms with Crippen molar-refractivity contribution in [2.45, 2.75) is 0 Å². The molecule has 6 N–H and O–H groups in total. The van der Waals surface area contributed by atoms with Gasteiger partial charge in [-0.3, -0.25) is 20.0 Å². The highest BCUT2D eigenvalue weighted by molar-refractivity contribution is 6.17. The van der Waals surface area contributed by atoms with Gasteiger partial charge >= 0.3 is 0 Å². The molecular formula is C26H18N4O6. The van der Waals surface area contributed by atoms with E-state index in [-0.39, 0.29) is 11.1 Å². The van der Waals surface area contributed by atoms with E-state index >= 15 is 0 Å². The van der Waals surface area contributed by atoms with Gasteiger partial charge in [0.1, 0.15) is 0 Å². The quantitative estimate of drug-likeness (QED) is 0.123. The zero-order chi connectivity index (χ0) is 25.4. The average molecular weight is 482 g/mol. The first kappa shape index (κ1) is 22.4. The van der Waals surface area contributed by atoms with Crippen molar-refractivity contribution in [2.75, 3.05) is 0 Å². The predicted octanol–water partition coefficient (Wildman–Crippen LogP) is 4.52. The molecule has 10 heteroatoms. The van der Waals surface area contributed by atoms with Crippen LogP contribution in [0.2, 0.25) is 0 Å². The van der Waals surface area contributed by atoms with Crippen LogP contribution < -0.4 is 0 Å². The second-order valence-electron chi connectivity index (χ2n) is 7.76. The number of fused-ring (bicyclic) bond motifs is 3. The first-order chi connectivity index (χ1) is 17.4. The fraction of sp³-hybridized carbons (Fsp3) is 0. The Balaban J connectivity index is 1.77. The SMILES string of the molecule is Oc1ccc(C=Nc2c(N=Cc3ccc(O)c(O)c3O)c3cccnc3c3ncccc23)c(O)c1O. The number of pyridine rings is 2. The zero-order valence-corrected chi connectivity index (χ0v) is 18.4. The van der Waals surface area contributed by atoms with Gasteiger partial charge < -0.3 is 30.6 Å². The van der Waals surface area contributed by atoms with Gasteiger partial charge in [0.05, 0.1) is 22.4 Å². The Bertz CT molecular complexity index is 1590. The normalized spacial score (nSPS) is 11.8. The molecule has 0 bridgehead atoms. The Morgan fingerprint density at radius 2 is 0.944 bits per heavy atom. The first-order valence-corrected chi connectivity index (χ1v) is 10.6. The van der Waals surface area contributed by atoms with Crippen molar-refractivity contribution < 1.29 is 30.6 Å². The highest BCUT2D eigenvalue weighted by atomic mass is 16.3. The van der Waals surface area contributed by atoms with Gasteiger partial charge in [-0.1, -0.05) is 0 Å². The fourth-order valence-corrected chi connectivity index (χ4v) is 3.73. The van der Waals surface area contributed by atoms with Gasteiger partial charge in [-0.2, -0.15) is 0 Å². The minimum atomic E-state index is -0.672. The molecule has 36 heavy (non-hydrogen) atoms. The molecule has 0 aliphatic rings. The highest BCUT2D eigenvalue weighted by Gasteiger charge is 2.17. The molecule has 0 radical (unpaired) electrons. The summed E-state index contributed by atoms with van der Waals surface area (Å²) in [7, 11) is 0. The lowest BCUT2D eigenvalue weighted by molar-refractivity contribution is 0.367. The summed E-state index contributed by atoms with van der Waals surface area (Å²) in [6.45, 7) is 0. The molecule has 5 aromatic rings. The van der Waals surface area contributed by atoms with Crippen molar-refractivity contribution in [2.24, 2.45) is 9.98 Å². The summed E-state index contributed by atoms with van der Waals surface area (Å²) in [4.78, 5) is 18.0. The van der Waals surface area contributed by atoms with Crippen LogP contribution in [0, 0.1) is 0 Å². The molecule has 2 heterocycles. The van der Waals surface area contributed by atoms with Crippen molar-refractivity contribution in [1.29, 1.82) is 0 Å². The third kappa shape index (κ3) is 3.72. The second kappa shape index (κ2) is 8.76. The molecule has 178 valence electrons. The molecule has 3 aromatic carbocycles. The largest absolute Gasteiger partial charge is 0.504 e. The van der Waals surface area contributed by atoms with E-state index < -0.39 is 34.5 Å². The first-order valence-electron chi connectivity index (χ1n) is 10.6. The smallest absolute Gasteiger partial charge is 0.200 e. The molecule has 0 spiro atoms. The molecule has 2 aromatic heterocycles. The lowest BCUT2D eigenvalue weighted by Gasteiger charge is -2.11. The van der Waals surface area contributed by atoms with Crippen LogP contribution in [0.25, 0.3) is 21.8 Å². The van der Waals surface area contributed by atoms with Gasteiger partial charge in [-0.15, -0.1) is 0 Å². The maximum atomic E-state index is 10.2. The maximum Gasteiger partial charge on any atom is 0.200 e. The summed E-state index contributed by atoms with van der Waals surface area (Å²) in [5.74, 6) is -3.38. The summed E-state index contributed by atoms with van der Waals surface area (Å²) < 4.78 is 0. The third-order valence-electron chi connectivity index (χ3n) is 5.56. The summed E-state index contributed by atoms with van der Waals surface area (Å²) in [6, 6.07) is 12.2. The van der Waals surface area contributed by atoms with Gasteiger partial charge in [0.25, 0.3) is 0 Å². The molecule has 0 amide bonds. The molecule has 0 atom stereocenters. The molecule has 10 nitrogen and oxygen atoms in total. The van der Waals surface area contributed by atoms with Crippen LogP contribution >= 0.6 is 0 Å². The minimum absolute atomic E-state index is 0.143. The summed E-state index contributed by atoms with van der Waals surface area (Å²) in [5.41, 5.74) is 2.10. The molecule has 0 unspecified atom stereocenters. The molecule has 0 fully saturated rings. The maximum absolute atomic E-state index is 10.2. The lowest BCUT2D eigenvalue weighted by atomic mass is 10.1. The van der Waals surface area contributed by atoms with Crippen LogP contribution in [0.4, 0.5) is 11.4 Å². The Morgan fingerprint density at radius 3 is 1.36 bits per heavy atom. The molecule has 0 aliphatic heterocycles. The Kier molecular flexibility index (Phi) is 5.46. The lowest BCUT2D eigenvalue weighted by Crippen LogP contribution is -1.89. The third-order valence-corrected chi connectivity index (χ3v) is 5.56. The van der Waals surface area contributed by atoms with Gasteiger partial charge in [0.2, 0.25) is 11.5 Å². The van der Waals surface area contributed by atoms with Crippen molar-refractivity contribution in [3.05, 3.63) is 72.1 Å². The van der Waals surface area contributed by atoms with Crippen LogP contribution in [-0.2, 0) is 0 Å². The Hall–Kier alpha value is -5.38. The number of nitrogens with zero attached hydrogens (tertiary/aromatic N) is 4. The summed E-state index contributed by atoms with van der Waals surface area (Å²) in [5, 5.41) is 60.6. The number of phenolic OH excluding ortho intramolecular Hbond substituents is 6. The number of benzene rings is 3. The van der Waals surface area contributed by atoms with Gasteiger partial charge in [-0.25, -0.2) is 0 Å². The van der Waals surface area contributed by atoms with Crippen LogP contribution in [-0.4, -0.2) is 53.0 Å². The predicted molar refractivity (Wildman–Crippen MR) is 134 cm³/mol. The van der Waals surface area contributed by atoms with E-state index in [9.17, 15) is 30.6 Å². The highest BCUT2D eigenvalue weighted by Crippen LogP contribution is 2.43. The van der Waals surface area contributed by atoms with E-state index in [2.05, 4.69) is 20.0 Å². The van der Waals surface area contributed by atoms with Crippen LogP contribution in [0.1, 0.15) is 11.1 Å². The number of aromatic hydroxyl groups is 6. The van der Waals surface area contributed by atoms with Gasteiger partial charge in [-0.05, 0) is 48.5 Å². The van der Waals surface area contributed by atoms with Crippen molar-refractivity contribution in [3.63, 3.8) is 0 Å². The van der Waals surface area contributed by atoms with E-state index in [0.29, 0.717) is 33.2 Å². The molecule has 0 saturated heterocycles. The number of rotatable bonds is 4. The summed E-state index contributed by atoms with van der Waals surface area (Å²) in [6.07, 6.45) is 5.85. The summed E-state index contributed by atoms with van der Waals surface area (Å²) >= 11 is 0. The second-order valence-corrected chi connectivity index (χ2v) is 7.76. The number of aliphatic imine (C=N–C) groups is 2. The molecular weight excluding hydrogens is 464 g/mol. The number of hydrogen-bond acceptors (Lipinski definition) is 10. The van der Waals surface area contributed by atoms with E-state index in [4.69, 9.17) is 0 Å². The van der Waals surface area contributed by atoms with Crippen molar-refractivity contribution in [1.82, 2.24) is 9.97 Å². The van der Waals surface area contributed by atoms with Gasteiger partial charge in [0.15, 0.2) is 23.0 Å². The van der Waals surface area contributed by atoms with Crippen LogP contribution in [0.3, 0.4) is 0 Å². The molecule has 0 saturated carbocycles. The topological polar surface area (TPSA) is 172 Å². The van der Waals surface area contributed by atoms with E-state index in [0.717, 1.165) is 0 Å².